The summed E-state index contributed by atoms with van der Waals surface area (Å²) in [6, 6.07) is 7.28. The smallest absolute Gasteiger partial charge is 0.0953 e. The van der Waals surface area contributed by atoms with Crippen molar-refractivity contribution in [2.75, 3.05) is 51.3 Å². The minimum Gasteiger partial charge on any atom is -0.379 e. The van der Waals surface area contributed by atoms with E-state index in [1.807, 2.05) is 12.5 Å². The number of anilines is 1. The lowest BCUT2D eigenvalue weighted by Gasteiger charge is -2.30. The number of hydrogen-bond acceptors (Lipinski definition) is 4. The second-order valence-corrected chi connectivity index (χ2v) is 7.32. The van der Waals surface area contributed by atoms with Gasteiger partial charge in [0.2, 0.25) is 0 Å². The Hall–Kier alpha value is -1.85. The molecule has 0 aliphatic carbocycles. The highest BCUT2D eigenvalue weighted by Gasteiger charge is 2.19. The van der Waals surface area contributed by atoms with E-state index in [1.165, 1.54) is 35.3 Å². The molecule has 0 amide bonds. The number of aryl methyl sites for hydroxylation is 1. The third-order valence-electron chi connectivity index (χ3n) is 5.49. The first-order chi connectivity index (χ1) is 12.2. The van der Waals surface area contributed by atoms with Crippen molar-refractivity contribution >= 4 is 5.69 Å². The Morgan fingerprint density at radius 2 is 2.04 bits per heavy atom. The van der Waals surface area contributed by atoms with E-state index in [-0.39, 0.29) is 0 Å². The van der Waals surface area contributed by atoms with Crippen LogP contribution in [0.25, 0.3) is 11.3 Å². The third-order valence-corrected chi connectivity index (χ3v) is 5.49. The Morgan fingerprint density at radius 3 is 2.88 bits per heavy atom. The molecular formula is C20H28N4O. The molecule has 0 radical (unpaired) electrons. The number of rotatable bonds is 4. The quantitative estimate of drug-likeness (QED) is 0.857. The van der Waals surface area contributed by atoms with Crippen molar-refractivity contribution in [3.63, 3.8) is 0 Å². The Kier molecular flexibility index (Phi) is 4.77. The van der Waals surface area contributed by atoms with E-state index in [9.17, 15) is 0 Å². The van der Waals surface area contributed by atoms with E-state index < -0.39 is 0 Å². The van der Waals surface area contributed by atoms with Gasteiger partial charge in [-0.25, -0.2) is 4.98 Å². The first-order valence-electron chi connectivity index (χ1n) is 9.39. The molecule has 2 aliphatic heterocycles. The van der Waals surface area contributed by atoms with Gasteiger partial charge in [-0.3, -0.25) is 4.90 Å². The molecule has 5 heteroatoms. The molecule has 0 bridgehead atoms. The van der Waals surface area contributed by atoms with E-state index in [0.29, 0.717) is 6.04 Å². The molecular weight excluding hydrogens is 312 g/mol. The maximum absolute atomic E-state index is 5.46. The number of nitrogens with zero attached hydrogens (tertiary/aromatic N) is 4. The SMILES string of the molecule is C[C@H](CN1CCOCC1)n1cncc1-c1ccc2c(c1)CCCN2C. The highest BCUT2D eigenvalue weighted by molar-refractivity contribution is 5.67. The highest BCUT2D eigenvalue weighted by Crippen LogP contribution is 2.31. The number of fused-ring (bicyclic) bond motifs is 1. The van der Waals surface area contributed by atoms with Gasteiger partial charge >= 0.3 is 0 Å². The maximum atomic E-state index is 5.46. The van der Waals surface area contributed by atoms with E-state index in [4.69, 9.17) is 4.74 Å². The molecule has 0 N–H and O–H groups in total. The van der Waals surface area contributed by atoms with Crippen LogP contribution in [0.1, 0.15) is 24.9 Å². The molecule has 3 heterocycles. The van der Waals surface area contributed by atoms with Crippen molar-refractivity contribution in [2.24, 2.45) is 0 Å². The number of imidazole rings is 1. The van der Waals surface area contributed by atoms with Crippen molar-refractivity contribution in [1.29, 1.82) is 0 Å². The summed E-state index contributed by atoms with van der Waals surface area (Å²) in [4.78, 5) is 9.30. The zero-order chi connectivity index (χ0) is 17.2. The van der Waals surface area contributed by atoms with Crippen LogP contribution in [-0.2, 0) is 11.2 Å². The molecule has 0 spiro atoms. The summed E-state index contributed by atoms with van der Waals surface area (Å²) >= 11 is 0. The summed E-state index contributed by atoms with van der Waals surface area (Å²) in [5.41, 5.74) is 5.33. The van der Waals surface area contributed by atoms with Gasteiger partial charge in [0, 0.05) is 50.5 Å². The minimum absolute atomic E-state index is 0.398. The molecule has 1 fully saturated rings. The van der Waals surface area contributed by atoms with Gasteiger partial charge in [0.1, 0.15) is 0 Å². The topological polar surface area (TPSA) is 33.5 Å². The fraction of sp³-hybridized carbons (Fsp3) is 0.550. The molecule has 0 saturated carbocycles. The molecule has 5 nitrogen and oxygen atoms in total. The van der Waals surface area contributed by atoms with Crippen molar-refractivity contribution in [3.05, 3.63) is 36.3 Å². The van der Waals surface area contributed by atoms with Gasteiger partial charge in [0.05, 0.1) is 31.4 Å². The van der Waals surface area contributed by atoms with Gasteiger partial charge in [-0.2, -0.15) is 0 Å². The minimum atomic E-state index is 0.398. The van der Waals surface area contributed by atoms with Crippen LogP contribution in [0.3, 0.4) is 0 Å². The standard InChI is InChI=1S/C20H28N4O/c1-16(14-23-8-10-25-11-9-23)24-15-21-13-20(24)18-5-6-19-17(12-18)4-3-7-22(19)2/h5-6,12-13,15-16H,3-4,7-11,14H2,1-2H3/t16-/m1/s1. The second-order valence-electron chi connectivity index (χ2n) is 7.32. The number of aromatic nitrogens is 2. The first-order valence-corrected chi connectivity index (χ1v) is 9.39. The summed E-state index contributed by atoms with van der Waals surface area (Å²) in [5, 5.41) is 0. The fourth-order valence-electron chi connectivity index (χ4n) is 4.07. The molecule has 4 rings (SSSR count). The molecule has 134 valence electrons. The fourth-order valence-corrected chi connectivity index (χ4v) is 4.07. The summed E-state index contributed by atoms with van der Waals surface area (Å²) < 4.78 is 7.78. The Balaban J connectivity index is 1.56. The zero-order valence-corrected chi connectivity index (χ0v) is 15.3. The lowest BCUT2D eigenvalue weighted by Crippen LogP contribution is -2.39. The van der Waals surface area contributed by atoms with Gasteiger partial charge in [-0.1, -0.05) is 6.07 Å². The highest BCUT2D eigenvalue weighted by atomic mass is 16.5. The van der Waals surface area contributed by atoms with Crippen LogP contribution < -0.4 is 4.90 Å². The average molecular weight is 340 g/mol. The molecule has 0 unspecified atom stereocenters. The first kappa shape index (κ1) is 16.6. The van der Waals surface area contributed by atoms with Crippen molar-refractivity contribution in [3.8, 4) is 11.3 Å². The monoisotopic (exact) mass is 340 g/mol. The molecule has 1 aromatic carbocycles. The number of hydrogen-bond donors (Lipinski definition) is 0. The lowest BCUT2D eigenvalue weighted by atomic mass is 9.98. The van der Waals surface area contributed by atoms with E-state index in [2.05, 4.69) is 51.5 Å². The van der Waals surface area contributed by atoms with E-state index in [0.717, 1.165) is 39.4 Å². The molecule has 2 aromatic rings. The lowest BCUT2D eigenvalue weighted by molar-refractivity contribution is 0.0326. The molecule has 2 aliphatic rings. The largest absolute Gasteiger partial charge is 0.379 e. The van der Waals surface area contributed by atoms with Crippen molar-refractivity contribution in [2.45, 2.75) is 25.8 Å². The molecule has 1 atom stereocenters. The second kappa shape index (κ2) is 7.18. The van der Waals surface area contributed by atoms with Crippen molar-refractivity contribution < 1.29 is 4.74 Å². The Bertz CT molecular complexity index is 720. The predicted octanol–water partition coefficient (Wildman–Crippen LogP) is 2.83. The van der Waals surface area contributed by atoms with Crippen LogP contribution in [0.5, 0.6) is 0 Å². The summed E-state index contributed by atoms with van der Waals surface area (Å²) in [5.74, 6) is 0. The number of morpholine rings is 1. The van der Waals surface area contributed by atoms with Crippen LogP contribution in [0, 0.1) is 0 Å². The van der Waals surface area contributed by atoms with Crippen LogP contribution >= 0.6 is 0 Å². The zero-order valence-electron chi connectivity index (χ0n) is 15.3. The van der Waals surface area contributed by atoms with Crippen LogP contribution in [-0.4, -0.2) is 60.9 Å². The summed E-state index contributed by atoms with van der Waals surface area (Å²) in [7, 11) is 2.19. The third kappa shape index (κ3) is 3.44. The number of benzene rings is 1. The Morgan fingerprint density at radius 1 is 1.20 bits per heavy atom. The normalized spacial score (nSPS) is 19.7. The van der Waals surface area contributed by atoms with Gasteiger partial charge in [-0.15, -0.1) is 0 Å². The summed E-state index contributed by atoms with van der Waals surface area (Å²) in [6.45, 7) is 8.23. The van der Waals surface area contributed by atoms with Gasteiger partial charge in [0.25, 0.3) is 0 Å². The molecule has 1 aromatic heterocycles. The Labute approximate surface area is 150 Å². The molecule has 1 saturated heterocycles. The predicted molar refractivity (Wildman–Crippen MR) is 101 cm³/mol. The average Bonchev–Trinajstić information content (AvgIpc) is 3.12. The van der Waals surface area contributed by atoms with Crippen LogP contribution in [0.2, 0.25) is 0 Å². The number of ether oxygens (including phenoxy) is 1. The maximum Gasteiger partial charge on any atom is 0.0953 e. The van der Waals surface area contributed by atoms with Gasteiger partial charge in [-0.05, 0) is 37.5 Å². The van der Waals surface area contributed by atoms with E-state index in [1.54, 1.807) is 0 Å². The summed E-state index contributed by atoms with van der Waals surface area (Å²) in [6.07, 6.45) is 6.39. The van der Waals surface area contributed by atoms with Crippen molar-refractivity contribution in [1.82, 2.24) is 14.5 Å². The van der Waals surface area contributed by atoms with Gasteiger partial charge in [0.15, 0.2) is 0 Å². The van der Waals surface area contributed by atoms with Crippen LogP contribution in [0.15, 0.2) is 30.7 Å². The molecule has 25 heavy (non-hydrogen) atoms. The van der Waals surface area contributed by atoms with E-state index >= 15 is 0 Å². The van der Waals surface area contributed by atoms with Gasteiger partial charge < -0.3 is 14.2 Å². The van der Waals surface area contributed by atoms with Crippen LogP contribution in [0.4, 0.5) is 5.69 Å².